The topological polar surface area (TPSA) is 70.8 Å². The lowest BCUT2D eigenvalue weighted by Gasteiger charge is -2.33. The van der Waals surface area contributed by atoms with Crippen LogP contribution in [-0.4, -0.2) is 50.6 Å². The number of hydrazone groups is 1. The fourth-order valence-electron chi connectivity index (χ4n) is 3.78. The first kappa shape index (κ1) is 17.5. The van der Waals surface area contributed by atoms with Gasteiger partial charge < -0.3 is 9.47 Å². The number of benzene rings is 1. The van der Waals surface area contributed by atoms with Crippen LogP contribution in [0, 0.1) is 5.92 Å². The van der Waals surface area contributed by atoms with Crippen LogP contribution >= 0.6 is 0 Å². The number of likely N-dealkylation sites (tertiary alicyclic amines) is 1. The number of aryl methyl sites for hydroxylation is 1. The van der Waals surface area contributed by atoms with Gasteiger partial charge in [0.2, 0.25) is 5.91 Å². The smallest absolute Gasteiger partial charge is 0.274 e. The fraction of sp³-hybridized carbons (Fsp3) is 0.400. The zero-order chi connectivity index (χ0) is 18.8. The quantitative estimate of drug-likeness (QED) is 0.837. The molecule has 0 bridgehead atoms. The van der Waals surface area contributed by atoms with Gasteiger partial charge in [0.1, 0.15) is 5.69 Å². The number of hydrogen-bond acceptors (Lipinski definition) is 4. The minimum Gasteiger partial charge on any atom is -0.340 e. The number of piperidine rings is 1. The highest BCUT2D eigenvalue weighted by atomic mass is 16.2. The van der Waals surface area contributed by atoms with Gasteiger partial charge in [-0.3, -0.25) is 9.59 Å². The van der Waals surface area contributed by atoms with Crippen molar-refractivity contribution in [1.82, 2.24) is 19.5 Å². The number of rotatable bonds is 3. The number of imidazole rings is 1. The van der Waals surface area contributed by atoms with Gasteiger partial charge in [0.05, 0.1) is 12.4 Å². The predicted molar refractivity (Wildman–Crippen MR) is 101 cm³/mol. The Morgan fingerprint density at radius 2 is 1.85 bits per heavy atom. The predicted octanol–water partition coefficient (Wildman–Crippen LogP) is 2.23. The van der Waals surface area contributed by atoms with Crippen molar-refractivity contribution in [2.75, 3.05) is 13.1 Å². The van der Waals surface area contributed by atoms with Crippen LogP contribution in [-0.2, 0) is 11.8 Å². The molecule has 1 aromatic carbocycles. The van der Waals surface area contributed by atoms with Crippen molar-refractivity contribution in [1.29, 1.82) is 0 Å². The Morgan fingerprint density at radius 3 is 2.52 bits per heavy atom. The molecule has 0 spiro atoms. The molecule has 1 atom stereocenters. The monoisotopic (exact) mass is 365 g/mol. The standard InChI is InChI=1S/C20H23N5O2/c1-23-13-17(21-14-23)20(27)24-11-8-16(9-12-24)19(26)25-18(7-10-22-25)15-5-3-2-4-6-15/h2-6,10,13-14,16,18H,7-9,11-12H2,1H3. The Hall–Kier alpha value is -2.96. The van der Waals surface area contributed by atoms with E-state index in [1.165, 1.54) is 0 Å². The van der Waals surface area contributed by atoms with Crippen molar-refractivity contribution in [3.63, 3.8) is 0 Å². The van der Waals surface area contributed by atoms with Crippen molar-refractivity contribution in [3.05, 3.63) is 54.1 Å². The molecule has 2 aliphatic rings. The van der Waals surface area contributed by atoms with Gasteiger partial charge in [0.15, 0.2) is 0 Å². The zero-order valence-corrected chi connectivity index (χ0v) is 15.4. The second-order valence-corrected chi connectivity index (χ2v) is 7.13. The number of amides is 2. The number of aromatic nitrogens is 2. The van der Waals surface area contributed by atoms with Crippen molar-refractivity contribution in [3.8, 4) is 0 Å². The summed E-state index contributed by atoms with van der Waals surface area (Å²) in [5.41, 5.74) is 1.56. The Bertz CT molecular complexity index is 852. The van der Waals surface area contributed by atoms with E-state index in [2.05, 4.69) is 10.1 Å². The van der Waals surface area contributed by atoms with Gasteiger partial charge in [0, 0.05) is 44.9 Å². The highest BCUT2D eigenvalue weighted by Gasteiger charge is 2.35. The molecule has 2 aliphatic heterocycles. The molecule has 1 unspecified atom stereocenters. The van der Waals surface area contributed by atoms with E-state index in [1.807, 2.05) is 43.6 Å². The Labute approximate surface area is 158 Å². The molecule has 140 valence electrons. The summed E-state index contributed by atoms with van der Waals surface area (Å²) in [7, 11) is 1.84. The van der Waals surface area contributed by atoms with E-state index >= 15 is 0 Å². The molecule has 1 aromatic heterocycles. The average molecular weight is 365 g/mol. The molecule has 0 N–H and O–H groups in total. The molecule has 27 heavy (non-hydrogen) atoms. The second kappa shape index (κ2) is 7.34. The molecule has 1 fully saturated rings. The van der Waals surface area contributed by atoms with Gasteiger partial charge in [-0.25, -0.2) is 9.99 Å². The van der Waals surface area contributed by atoms with Gasteiger partial charge in [-0.1, -0.05) is 30.3 Å². The summed E-state index contributed by atoms with van der Waals surface area (Å²) in [6.07, 6.45) is 7.22. The van der Waals surface area contributed by atoms with Crippen molar-refractivity contribution in [2.45, 2.75) is 25.3 Å². The van der Waals surface area contributed by atoms with Gasteiger partial charge in [-0.15, -0.1) is 0 Å². The molecule has 2 amide bonds. The maximum absolute atomic E-state index is 13.0. The summed E-state index contributed by atoms with van der Waals surface area (Å²) in [6.45, 7) is 1.14. The molecule has 0 aliphatic carbocycles. The molecular formula is C20H23N5O2. The lowest BCUT2D eigenvalue weighted by Crippen LogP contribution is -2.43. The van der Waals surface area contributed by atoms with E-state index in [0.29, 0.717) is 31.6 Å². The van der Waals surface area contributed by atoms with E-state index < -0.39 is 0 Å². The van der Waals surface area contributed by atoms with E-state index in [4.69, 9.17) is 0 Å². The molecular weight excluding hydrogens is 342 g/mol. The van der Waals surface area contributed by atoms with Crippen molar-refractivity contribution >= 4 is 18.0 Å². The van der Waals surface area contributed by atoms with E-state index in [-0.39, 0.29) is 23.8 Å². The van der Waals surface area contributed by atoms with Crippen LogP contribution < -0.4 is 0 Å². The third kappa shape index (κ3) is 3.49. The SMILES string of the molecule is Cn1cnc(C(=O)N2CCC(C(=O)N3N=CCC3c3ccccc3)CC2)c1. The molecule has 4 rings (SSSR count). The van der Waals surface area contributed by atoms with E-state index in [1.54, 1.807) is 27.0 Å². The van der Waals surface area contributed by atoms with Gasteiger partial charge in [-0.2, -0.15) is 5.10 Å². The van der Waals surface area contributed by atoms with Gasteiger partial charge in [-0.05, 0) is 18.4 Å². The minimum atomic E-state index is -0.0979. The highest BCUT2D eigenvalue weighted by molar-refractivity contribution is 5.92. The van der Waals surface area contributed by atoms with Crippen LogP contribution in [0.25, 0.3) is 0 Å². The molecule has 2 aromatic rings. The first-order valence-electron chi connectivity index (χ1n) is 9.31. The molecule has 7 heteroatoms. The van der Waals surface area contributed by atoms with Crippen molar-refractivity contribution < 1.29 is 9.59 Å². The maximum atomic E-state index is 13.0. The van der Waals surface area contributed by atoms with Crippen molar-refractivity contribution in [2.24, 2.45) is 18.1 Å². The molecule has 7 nitrogen and oxygen atoms in total. The third-order valence-corrected chi connectivity index (χ3v) is 5.30. The second-order valence-electron chi connectivity index (χ2n) is 7.13. The molecule has 0 saturated carbocycles. The summed E-state index contributed by atoms with van der Waals surface area (Å²) < 4.78 is 1.76. The summed E-state index contributed by atoms with van der Waals surface area (Å²) in [4.78, 5) is 31.5. The van der Waals surface area contributed by atoms with Crippen LogP contribution in [0.15, 0.2) is 48.0 Å². The summed E-state index contributed by atoms with van der Waals surface area (Å²) in [5, 5.41) is 5.97. The summed E-state index contributed by atoms with van der Waals surface area (Å²) in [6, 6.07) is 9.99. The minimum absolute atomic E-state index is 0.0214. The van der Waals surface area contributed by atoms with E-state index in [9.17, 15) is 9.59 Å². The lowest BCUT2D eigenvalue weighted by atomic mass is 9.94. The Balaban J connectivity index is 1.38. The number of carbonyl (C=O) groups excluding carboxylic acids is 2. The van der Waals surface area contributed by atoms with Crippen LogP contribution in [0.1, 0.15) is 41.4 Å². The highest BCUT2D eigenvalue weighted by Crippen LogP contribution is 2.31. The van der Waals surface area contributed by atoms with Crippen LogP contribution in [0.5, 0.6) is 0 Å². The molecule has 0 radical (unpaired) electrons. The normalized spacial score (nSPS) is 20.3. The summed E-state index contributed by atoms with van der Waals surface area (Å²) >= 11 is 0. The first-order chi connectivity index (χ1) is 13.1. The number of hydrogen-bond donors (Lipinski definition) is 0. The maximum Gasteiger partial charge on any atom is 0.274 e. The third-order valence-electron chi connectivity index (χ3n) is 5.30. The number of carbonyl (C=O) groups is 2. The van der Waals surface area contributed by atoms with E-state index in [0.717, 1.165) is 12.0 Å². The zero-order valence-electron chi connectivity index (χ0n) is 15.4. The number of nitrogens with zero attached hydrogens (tertiary/aromatic N) is 5. The average Bonchev–Trinajstić information content (AvgIpc) is 3.37. The Morgan fingerprint density at radius 1 is 1.11 bits per heavy atom. The Kier molecular flexibility index (Phi) is 4.75. The fourth-order valence-corrected chi connectivity index (χ4v) is 3.78. The summed E-state index contributed by atoms with van der Waals surface area (Å²) in [5.74, 6) is -0.107. The largest absolute Gasteiger partial charge is 0.340 e. The van der Waals surface area contributed by atoms with Gasteiger partial charge >= 0.3 is 0 Å². The molecule has 1 saturated heterocycles. The van der Waals surface area contributed by atoms with Crippen LogP contribution in [0.3, 0.4) is 0 Å². The van der Waals surface area contributed by atoms with Crippen LogP contribution in [0.4, 0.5) is 0 Å². The van der Waals surface area contributed by atoms with Crippen LogP contribution in [0.2, 0.25) is 0 Å². The van der Waals surface area contributed by atoms with Gasteiger partial charge in [0.25, 0.3) is 5.91 Å². The molecule has 3 heterocycles. The first-order valence-corrected chi connectivity index (χ1v) is 9.31. The lowest BCUT2D eigenvalue weighted by molar-refractivity contribution is -0.138.